The third kappa shape index (κ3) is 11.9. The molecular weight excluding hydrogens is 718 g/mol. The van der Waals surface area contributed by atoms with Crippen molar-refractivity contribution in [2.75, 3.05) is 39.8 Å². The molecule has 0 saturated carbocycles. The predicted octanol–water partition coefficient (Wildman–Crippen LogP) is -0.620. The molecule has 2 unspecified atom stereocenters. The van der Waals surface area contributed by atoms with Crippen molar-refractivity contribution in [1.82, 2.24) is 50.5 Å². The van der Waals surface area contributed by atoms with Crippen molar-refractivity contribution in [3.05, 3.63) is 64.0 Å². The second-order valence-corrected chi connectivity index (χ2v) is 12.3. The molecule has 0 spiro atoms. The third-order valence-electron chi connectivity index (χ3n) is 7.90. The lowest BCUT2D eigenvalue weighted by Crippen LogP contribution is -2.45. The highest BCUT2D eigenvalue weighted by Crippen LogP contribution is 2.18. The fraction of sp³-hybridized carbons (Fsp3) is 0.412. The average Bonchev–Trinajstić information content (AvgIpc) is 3.63. The normalized spacial score (nSPS) is 12.2. The van der Waals surface area contributed by atoms with Crippen LogP contribution in [-0.4, -0.2) is 123 Å². The minimum Gasteiger partial charge on any atom is -0.467 e. The molecule has 1 aromatic carbocycles. The molecule has 3 amide bonds. The van der Waals surface area contributed by atoms with E-state index in [0.717, 1.165) is 20.0 Å². The highest BCUT2D eigenvalue weighted by Gasteiger charge is 2.27. The Hall–Kier alpha value is -6.64. The molecule has 292 valence electrons. The molecule has 0 aliphatic heterocycles. The number of methoxy groups -OCH3 is 2. The van der Waals surface area contributed by atoms with Gasteiger partial charge in [0.1, 0.15) is 12.1 Å². The van der Waals surface area contributed by atoms with Gasteiger partial charge in [-0.1, -0.05) is 5.21 Å². The number of aliphatic imine (C=N–C) groups is 1. The van der Waals surface area contributed by atoms with Gasteiger partial charge >= 0.3 is 11.9 Å². The van der Waals surface area contributed by atoms with Crippen LogP contribution in [0.5, 0.6) is 0 Å². The van der Waals surface area contributed by atoms with Crippen LogP contribution in [0.3, 0.4) is 0 Å². The van der Waals surface area contributed by atoms with Crippen molar-refractivity contribution in [2.24, 2.45) is 10.7 Å². The van der Waals surface area contributed by atoms with Crippen molar-refractivity contribution in [3.8, 4) is 0 Å². The Labute approximate surface area is 314 Å². The molecule has 55 heavy (non-hydrogen) atoms. The van der Waals surface area contributed by atoms with E-state index in [1.165, 1.54) is 48.8 Å². The lowest BCUT2D eigenvalue weighted by atomic mass is 10.1. The number of carbonyl (C=O) groups excluding carboxylic acids is 5. The first-order chi connectivity index (χ1) is 26.4. The van der Waals surface area contributed by atoms with Crippen molar-refractivity contribution in [2.45, 2.75) is 57.3 Å². The number of H-pyrrole nitrogens is 1. The number of ether oxygens (including phenoxy) is 2. The van der Waals surface area contributed by atoms with Gasteiger partial charge < -0.3 is 35.6 Å². The topological polar surface area (TPSA) is 275 Å². The minimum absolute atomic E-state index is 0.0190. The number of hydrogen-bond acceptors (Lipinski definition) is 15. The zero-order chi connectivity index (χ0) is 39.9. The Bertz CT molecular complexity index is 2050. The summed E-state index contributed by atoms with van der Waals surface area (Å²) in [6, 6.07) is 3.61. The SMILES string of the molecule is COC(=O)C(Cc1cn(CCCCN)nn1)NC(=O)CCC(NC(=O)c1ccc(N(C=O)Cc2cnc3nc(/N=C/N(C)C)[nH]c(=O)c3n2)cc1)C(=O)OC. The second-order valence-electron chi connectivity index (χ2n) is 12.3. The maximum absolute atomic E-state index is 13.2. The number of aryl methyl sites for hydroxylation is 1. The van der Waals surface area contributed by atoms with Gasteiger partial charge in [0, 0.05) is 50.9 Å². The Morgan fingerprint density at radius 3 is 2.42 bits per heavy atom. The van der Waals surface area contributed by atoms with Crippen molar-refractivity contribution in [1.29, 1.82) is 0 Å². The Balaban J connectivity index is 1.36. The summed E-state index contributed by atoms with van der Waals surface area (Å²) >= 11 is 0. The van der Waals surface area contributed by atoms with Crippen LogP contribution >= 0.6 is 0 Å². The smallest absolute Gasteiger partial charge is 0.328 e. The Kier molecular flexibility index (Phi) is 14.9. The van der Waals surface area contributed by atoms with E-state index >= 15 is 0 Å². The van der Waals surface area contributed by atoms with Gasteiger partial charge in [-0.3, -0.25) is 28.8 Å². The van der Waals surface area contributed by atoms with Gasteiger partial charge in [0.05, 0.1) is 44.7 Å². The Morgan fingerprint density at radius 1 is 1.02 bits per heavy atom. The number of unbranched alkanes of at least 4 members (excludes halogenated alkanes) is 1. The number of esters is 2. The van der Waals surface area contributed by atoms with Crippen LogP contribution in [0.2, 0.25) is 0 Å². The number of benzene rings is 1. The molecule has 3 heterocycles. The van der Waals surface area contributed by atoms with E-state index in [0.29, 0.717) is 36.6 Å². The first-order valence-corrected chi connectivity index (χ1v) is 17.1. The van der Waals surface area contributed by atoms with E-state index in [2.05, 4.69) is 45.9 Å². The van der Waals surface area contributed by atoms with Gasteiger partial charge in [-0.2, -0.15) is 4.98 Å². The summed E-state index contributed by atoms with van der Waals surface area (Å²) in [5, 5.41) is 13.3. The maximum atomic E-state index is 13.2. The number of hydrogen-bond donors (Lipinski definition) is 4. The fourth-order valence-electron chi connectivity index (χ4n) is 5.10. The van der Waals surface area contributed by atoms with Crippen LogP contribution in [-0.2, 0) is 48.2 Å². The number of aromatic nitrogens is 7. The van der Waals surface area contributed by atoms with E-state index in [1.54, 1.807) is 29.9 Å². The summed E-state index contributed by atoms with van der Waals surface area (Å²) in [6.45, 7) is 1.09. The molecule has 21 nitrogen and oxygen atoms in total. The predicted molar refractivity (Wildman–Crippen MR) is 197 cm³/mol. The number of aromatic amines is 1. The second kappa shape index (κ2) is 20.0. The van der Waals surface area contributed by atoms with Crippen LogP contribution in [0.25, 0.3) is 11.2 Å². The summed E-state index contributed by atoms with van der Waals surface area (Å²) in [4.78, 5) is 98.0. The zero-order valence-electron chi connectivity index (χ0n) is 30.8. The molecule has 21 heteroatoms. The monoisotopic (exact) mass is 761 g/mol. The minimum atomic E-state index is -1.21. The van der Waals surface area contributed by atoms with Crippen molar-refractivity contribution >= 4 is 59.3 Å². The molecular formula is C34H43N13O8. The molecule has 2 atom stereocenters. The number of nitrogens with one attached hydrogen (secondary N) is 3. The number of rotatable bonds is 20. The van der Waals surface area contributed by atoms with Gasteiger partial charge in [0.2, 0.25) is 18.3 Å². The standard InChI is InChI=1S/C34H43N13O8/c1-45(2)19-37-34-41-29-28(31(51)42-34)38-23(16-36-29)17-46(20-48)24-9-7-21(8-10-24)30(50)40-25(32(52)54-3)11-12-27(49)39-26(33(53)55-4)15-22-18-47(44-43-22)14-6-5-13-35/h7-10,16,18-20,25-26H,5-6,11-15,17,35H2,1-4H3,(H,39,49)(H,40,50)(H,36,41,42,51)/b37-19+. The van der Waals surface area contributed by atoms with Crippen LogP contribution in [0, 0.1) is 0 Å². The summed E-state index contributed by atoms with van der Waals surface area (Å²) in [6.07, 6.45) is 6.32. The lowest BCUT2D eigenvalue weighted by molar-refractivity contribution is -0.145. The summed E-state index contributed by atoms with van der Waals surface area (Å²) in [5.41, 5.74) is 6.32. The Morgan fingerprint density at radius 2 is 1.75 bits per heavy atom. The molecule has 0 aliphatic carbocycles. The van der Waals surface area contributed by atoms with Gasteiger partial charge in [0.25, 0.3) is 11.5 Å². The molecule has 0 aliphatic rings. The first-order valence-electron chi connectivity index (χ1n) is 17.1. The summed E-state index contributed by atoms with van der Waals surface area (Å²) in [5.74, 6) is -2.66. The molecule has 0 saturated heterocycles. The average molecular weight is 762 g/mol. The van der Waals surface area contributed by atoms with Gasteiger partial charge in [-0.25, -0.2) is 24.5 Å². The molecule has 5 N–H and O–H groups in total. The van der Waals surface area contributed by atoms with Gasteiger partial charge in [-0.15, -0.1) is 5.10 Å². The molecule has 3 aromatic heterocycles. The quantitative estimate of drug-likeness (QED) is 0.0287. The molecule has 0 bridgehead atoms. The number of anilines is 1. The van der Waals surface area contributed by atoms with Crippen LogP contribution in [0.1, 0.15) is 47.4 Å². The number of amides is 3. The van der Waals surface area contributed by atoms with E-state index in [4.69, 9.17) is 15.2 Å². The lowest BCUT2D eigenvalue weighted by Gasteiger charge is -2.19. The number of carbonyl (C=O) groups is 5. The summed E-state index contributed by atoms with van der Waals surface area (Å²) < 4.78 is 11.3. The highest BCUT2D eigenvalue weighted by atomic mass is 16.5. The third-order valence-corrected chi connectivity index (χ3v) is 7.90. The van der Waals surface area contributed by atoms with Gasteiger partial charge in [-0.05, 0) is 50.1 Å². The van der Waals surface area contributed by atoms with Crippen molar-refractivity contribution in [3.63, 3.8) is 0 Å². The highest BCUT2D eigenvalue weighted by molar-refractivity contribution is 5.97. The van der Waals surface area contributed by atoms with Crippen LogP contribution < -0.4 is 26.8 Å². The van der Waals surface area contributed by atoms with E-state index in [1.807, 2.05) is 0 Å². The van der Waals surface area contributed by atoms with Gasteiger partial charge in [0.15, 0.2) is 11.2 Å². The summed E-state index contributed by atoms with van der Waals surface area (Å²) in [7, 11) is 5.86. The van der Waals surface area contributed by atoms with Crippen molar-refractivity contribution < 1.29 is 33.4 Å². The van der Waals surface area contributed by atoms with E-state index in [-0.39, 0.29) is 48.5 Å². The van der Waals surface area contributed by atoms with Crippen LogP contribution in [0.4, 0.5) is 11.6 Å². The number of fused-ring (bicyclic) bond motifs is 1. The largest absolute Gasteiger partial charge is 0.467 e. The first kappa shape index (κ1) is 41.1. The molecule has 4 aromatic rings. The molecule has 0 fully saturated rings. The number of nitrogens with two attached hydrogens (primary N) is 1. The fourth-order valence-corrected chi connectivity index (χ4v) is 5.10. The van der Waals surface area contributed by atoms with E-state index < -0.39 is 41.4 Å². The maximum Gasteiger partial charge on any atom is 0.328 e. The number of nitrogens with zero attached hydrogens (tertiary/aromatic N) is 9. The molecule has 4 rings (SSSR count). The zero-order valence-corrected chi connectivity index (χ0v) is 30.8. The van der Waals surface area contributed by atoms with Crippen LogP contribution in [0.15, 0.2) is 46.4 Å². The van der Waals surface area contributed by atoms with E-state index in [9.17, 15) is 28.8 Å². The molecule has 0 radical (unpaired) electrons.